The lowest BCUT2D eigenvalue weighted by molar-refractivity contribution is -0.137. The largest absolute Gasteiger partial charge is 0.461 e. The van der Waals surface area contributed by atoms with Crippen LogP contribution in [-0.4, -0.2) is 35.8 Å². The number of aromatic nitrogens is 2. The first kappa shape index (κ1) is 20.2. The van der Waals surface area contributed by atoms with Gasteiger partial charge in [-0.2, -0.15) is 13.2 Å². The summed E-state index contributed by atoms with van der Waals surface area (Å²) in [7, 11) is 0. The van der Waals surface area contributed by atoms with Crippen molar-refractivity contribution < 1.29 is 36.6 Å². The maximum absolute atomic E-state index is 14.6. The van der Waals surface area contributed by atoms with Gasteiger partial charge in [-0.3, -0.25) is 0 Å². The zero-order valence-corrected chi connectivity index (χ0v) is 15.0. The van der Waals surface area contributed by atoms with Gasteiger partial charge >= 0.3 is 12.1 Å². The predicted molar refractivity (Wildman–Crippen MR) is 87.8 cm³/mol. The van der Waals surface area contributed by atoms with Crippen molar-refractivity contribution in [1.82, 2.24) is 9.97 Å². The highest BCUT2D eigenvalue weighted by Gasteiger charge is 2.34. The fraction of sp³-hybridized carbons (Fsp3) is 0.389. The Balaban J connectivity index is 2.21. The van der Waals surface area contributed by atoms with Gasteiger partial charge in [-0.15, -0.1) is 0 Å². The Morgan fingerprint density at radius 2 is 1.93 bits per heavy atom. The Morgan fingerprint density at radius 1 is 1.25 bits per heavy atom. The molecule has 3 rings (SSSR count). The number of ether oxygens (including phenoxy) is 3. The van der Waals surface area contributed by atoms with Gasteiger partial charge in [0.15, 0.2) is 12.0 Å². The van der Waals surface area contributed by atoms with Gasteiger partial charge in [0.05, 0.1) is 36.6 Å². The molecule has 2 aromatic rings. The number of carbonyl (C=O) groups is 1. The van der Waals surface area contributed by atoms with Gasteiger partial charge in [-0.05, 0) is 32.0 Å². The first-order chi connectivity index (χ1) is 13.2. The van der Waals surface area contributed by atoms with Gasteiger partial charge in [-0.25, -0.2) is 19.2 Å². The predicted octanol–water partition coefficient (Wildman–Crippen LogP) is 3.83. The quantitative estimate of drug-likeness (QED) is 0.574. The SMILES string of the molecule is CCOC(=O)c1nc(C)nc(-c2ccc(C(F)(F)F)cc2F)c1C1OCCO1. The minimum atomic E-state index is -4.70. The van der Waals surface area contributed by atoms with Crippen LogP contribution in [0.25, 0.3) is 11.3 Å². The molecule has 1 aromatic heterocycles. The second-order valence-electron chi connectivity index (χ2n) is 5.87. The van der Waals surface area contributed by atoms with E-state index in [9.17, 15) is 22.4 Å². The van der Waals surface area contributed by atoms with E-state index in [2.05, 4.69) is 9.97 Å². The van der Waals surface area contributed by atoms with Crippen LogP contribution in [0, 0.1) is 12.7 Å². The van der Waals surface area contributed by atoms with Crippen molar-refractivity contribution in [3.63, 3.8) is 0 Å². The summed E-state index contributed by atoms with van der Waals surface area (Å²) in [6, 6.07) is 2.06. The van der Waals surface area contributed by atoms with Crippen molar-refractivity contribution >= 4 is 5.97 Å². The van der Waals surface area contributed by atoms with Crippen LogP contribution in [0.15, 0.2) is 18.2 Å². The van der Waals surface area contributed by atoms with Crippen LogP contribution >= 0.6 is 0 Å². The Bertz CT molecular complexity index is 896. The lowest BCUT2D eigenvalue weighted by Crippen LogP contribution is -2.17. The monoisotopic (exact) mass is 400 g/mol. The Morgan fingerprint density at radius 3 is 2.50 bits per heavy atom. The minimum Gasteiger partial charge on any atom is -0.461 e. The Hall–Kier alpha value is -2.59. The lowest BCUT2D eigenvalue weighted by Gasteiger charge is -2.18. The summed E-state index contributed by atoms with van der Waals surface area (Å²) in [6.07, 6.45) is -5.77. The van der Waals surface area contributed by atoms with E-state index in [0.717, 1.165) is 12.1 Å². The summed E-state index contributed by atoms with van der Waals surface area (Å²) in [5.74, 6) is -1.84. The van der Waals surface area contributed by atoms with Crippen LogP contribution in [-0.2, 0) is 20.4 Å². The molecule has 1 aliphatic rings. The normalized spacial score (nSPS) is 15.1. The van der Waals surface area contributed by atoms with Gasteiger partial charge in [0.25, 0.3) is 0 Å². The van der Waals surface area contributed by atoms with E-state index in [1.807, 2.05) is 0 Å². The highest BCUT2D eigenvalue weighted by Crippen LogP contribution is 2.37. The first-order valence-corrected chi connectivity index (χ1v) is 8.38. The average Bonchev–Trinajstić information content (AvgIpc) is 3.14. The second kappa shape index (κ2) is 7.80. The summed E-state index contributed by atoms with van der Waals surface area (Å²) in [5, 5.41) is 0. The lowest BCUT2D eigenvalue weighted by atomic mass is 10.0. The molecule has 0 aliphatic carbocycles. The maximum atomic E-state index is 14.6. The highest BCUT2D eigenvalue weighted by atomic mass is 19.4. The fourth-order valence-corrected chi connectivity index (χ4v) is 2.77. The summed E-state index contributed by atoms with van der Waals surface area (Å²) < 4.78 is 69.0. The number of benzene rings is 1. The maximum Gasteiger partial charge on any atom is 0.416 e. The van der Waals surface area contributed by atoms with Crippen LogP contribution in [0.2, 0.25) is 0 Å². The molecule has 10 heteroatoms. The number of halogens is 4. The molecule has 0 unspecified atom stereocenters. The number of carbonyl (C=O) groups excluding carboxylic acids is 1. The minimum absolute atomic E-state index is 0.0141. The molecule has 0 atom stereocenters. The van der Waals surface area contributed by atoms with Crippen molar-refractivity contribution in [3.05, 3.63) is 46.7 Å². The topological polar surface area (TPSA) is 70.5 Å². The molecule has 0 radical (unpaired) electrons. The number of hydrogen-bond donors (Lipinski definition) is 0. The Kier molecular flexibility index (Phi) is 5.61. The van der Waals surface area contributed by atoms with E-state index >= 15 is 0 Å². The van der Waals surface area contributed by atoms with E-state index in [4.69, 9.17) is 14.2 Å². The number of esters is 1. The fourth-order valence-electron chi connectivity index (χ4n) is 2.77. The molecule has 28 heavy (non-hydrogen) atoms. The number of rotatable bonds is 4. The van der Waals surface area contributed by atoms with Crippen molar-refractivity contribution in [3.8, 4) is 11.3 Å². The molecule has 1 fully saturated rings. The van der Waals surface area contributed by atoms with E-state index in [0.29, 0.717) is 6.07 Å². The Labute approximate surface area is 157 Å². The zero-order chi connectivity index (χ0) is 20.5. The van der Waals surface area contributed by atoms with E-state index in [1.165, 1.54) is 6.92 Å². The standard InChI is InChI=1S/C18H16F4N2O4/c1-3-26-16(25)15-13(17-27-6-7-28-17)14(23-9(2)24-15)11-5-4-10(8-12(11)19)18(20,21)22/h4-5,8,17H,3,6-7H2,1-2H3. The first-order valence-electron chi connectivity index (χ1n) is 8.38. The molecule has 150 valence electrons. The van der Waals surface area contributed by atoms with Gasteiger partial charge in [0.1, 0.15) is 11.6 Å². The molecule has 0 bridgehead atoms. The van der Waals surface area contributed by atoms with Crippen molar-refractivity contribution in [2.24, 2.45) is 0 Å². The van der Waals surface area contributed by atoms with Crippen LogP contribution in [0.5, 0.6) is 0 Å². The molecule has 2 heterocycles. The molecular weight excluding hydrogens is 384 g/mol. The molecular formula is C18H16F4N2O4. The molecule has 0 spiro atoms. The van der Waals surface area contributed by atoms with Gasteiger partial charge < -0.3 is 14.2 Å². The van der Waals surface area contributed by atoms with Gasteiger partial charge in [0, 0.05) is 5.56 Å². The smallest absolute Gasteiger partial charge is 0.416 e. The van der Waals surface area contributed by atoms with Crippen LogP contribution < -0.4 is 0 Å². The third-order valence-corrected chi connectivity index (χ3v) is 3.94. The third kappa shape index (κ3) is 3.97. The van der Waals surface area contributed by atoms with Crippen molar-refractivity contribution in [2.45, 2.75) is 26.3 Å². The number of nitrogens with zero attached hydrogens (tertiary/aromatic N) is 2. The second-order valence-corrected chi connectivity index (χ2v) is 5.87. The number of alkyl halides is 3. The van der Waals surface area contributed by atoms with Crippen LogP contribution in [0.3, 0.4) is 0 Å². The summed E-state index contributed by atoms with van der Waals surface area (Å²) in [6.45, 7) is 3.57. The van der Waals surface area contributed by atoms with Crippen molar-refractivity contribution in [1.29, 1.82) is 0 Å². The highest BCUT2D eigenvalue weighted by molar-refractivity contribution is 5.91. The van der Waals surface area contributed by atoms with E-state index in [-0.39, 0.29) is 48.2 Å². The van der Waals surface area contributed by atoms with Crippen molar-refractivity contribution in [2.75, 3.05) is 19.8 Å². The molecule has 1 saturated heterocycles. The number of hydrogen-bond acceptors (Lipinski definition) is 6. The molecule has 0 N–H and O–H groups in total. The summed E-state index contributed by atoms with van der Waals surface area (Å²) >= 11 is 0. The zero-order valence-electron chi connectivity index (χ0n) is 15.0. The third-order valence-electron chi connectivity index (χ3n) is 3.94. The van der Waals surface area contributed by atoms with Gasteiger partial charge in [-0.1, -0.05) is 0 Å². The summed E-state index contributed by atoms with van der Waals surface area (Å²) in [5.41, 5.74) is -1.64. The van der Waals surface area contributed by atoms with E-state index < -0.39 is 29.8 Å². The average molecular weight is 400 g/mol. The molecule has 1 aromatic carbocycles. The molecule has 0 saturated carbocycles. The molecule has 0 amide bonds. The molecule has 6 nitrogen and oxygen atoms in total. The van der Waals surface area contributed by atoms with Gasteiger partial charge in [0.2, 0.25) is 0 Å². The van der Waals surface area contributed by atoms with Crippen LogP contribution in [0.4, 0.5) is 17.6 Å². The number of aryl methyl sites for hydroxylation is 1. The van der Waals surface area contributed by atoms with E-state index in [1.54, 1.807) is 6.92 Å². The summed E-state index contributed by atoms with van der Waals surface area (Å²) in [4.78, 5) is 20.6. The van der Waals surface area contributed by atoms with Crippen LogP contribution in [0.1, 0.15) is 40.7 Å². The molecule has 1 aliphatic heterocycles.